The summed E-state index contributed by atoms with van der Waals surface area (Å²) in [4.78, 5) is 34.6. The second-order valence-electron chi connectivity index (χ2n) is 10.3. The number of amides is 1. The molecule has 6 nitrogen and oxygen atoms in total. The summed E-state index contributed by atoms with van der Waals surface area (Å²) >= 11 is 1.90. The fourth-order valence-electron chi connectivity index (χ4n) is 4.83. The van der Waals surface area contributed by atoms with Crippen LogP contribution in [-0.4, -0.2) is 69.1 Å². The minimum Gasteiger partial charge on any atom is -0.459 e. The molecule has 174 valence electrons. The maximum absolute atomic E-state index is 13.8. The van der Waals surface area contributed by atoms with Crippen molar-refractivity contribution >= 4 is 34.5 Å². The van der Waals surface area contributed by atoms with E-state index in [1.165, 1.54) is 0 Å². The molecular formula is C25H35N3O3S. The Morgan fingerprint density at radius 3 is 2.62 bits per heavy atom. The first-order chi connectivity index (χ1) is 15.1. The van der Waals surface area contributed by atoms with E-state index in [1.54, 1.807) is 0 Å². The summed E-state index contributed by atoms with van der Waals surface area (Å²) < 4.78 is 5.82. The number of hydrogen-bond acceptors (Lipinski definition) is 5. The number of likely N-dealkylation sites (tertiary alicyclic amines) is 1. The largest absolute Gasteiger partial charge is 0.459 e. The fraction of sp³-hybridized carbons (Fsp3) is 0.600. The van der Waals surface area contributed by atoms with Gasteiger partial charge in [-0.15, -0.1) is 11.8 Å². The Hall–Kier alpha value is -1.99. The van der Waals surface area contributed by atoms with Gasteiger partial charge in [0, 0.05) is 28.4 Å². The van der Waals surface area contributed by atoms with Gasteiger partial charge in [0.1, 0.15) is 11.5 Å². The minimum absolute atomic E-state index is 0.0545. The molecule has 2 aliphatic rings. The fourth-order valence-corrected chi connectivity index (χ4v) is 6.49. The number of fused-ring (bicyclic) bond motifs is 1. The van der Waals surface area contributed by atoms with Gasteiger partial charge >= 0.3 is 5.97 Å². The molecule has 1 aromatic heterocycles. The van der Waals surface area contributed by atoms with Gasteiger partial charge < -0.3 is 19.5 Å². The summed E-state index contributed by atoms with van der Waals surface area (Å²) in [6, 6.07) is 7.99. The van der Waals surface area contributed by atoms with E-state index in [0.29, 0.717) is 13.0 Å². The van der Waals surface area contributed by atoms with Crippen molar-refractivity contribution in [2.45, 2.75) is 62.7 Å². The Morgan fingerprint density at radius 2 is 1.94 bits per heavy atom. The Morgan fingerprint density at radius 1 is 1.25 bits per heavy atom. The van der Waals surface area contributed by atoms with Crippen molar-refractivity contribution in [1.82, 2.24) is 14.8 Å². The van der Waals surface area contributed by atoms with Crippen LogP contribution in [0.15, 0.2) is 30.5 Å². The van der Waals surface area contributed by atoms with E-state index in [2.05, 4.69) is 23.9 Å². The number of para-hydroxylation sites is 1. The molecule has 1 aromatic carbocycles. The number of nitrogens with one attached hydrogen (secondary N) is 1. The van der Waals surface area contributed by atoms with Crippen LogP contribution in [0.4, 0.5) is 0 Å². The van der Waals surface area contributed by atoms with Gasteiger partial charge in [0.25, 0.3) is 0 Å². The highest BCUT2D eigenvalue weighted by atomic mass is 32.2. The molecule has 0 radical (unpaired) electrons. The SMILES string of the molecule is C[C@H]1SC2(CCN(C)CC2)CN1C(=O)C(Cc1c[nH]c2ccccc12)C(=O)OC(C)(C)C. The molecule has 0 saturated carbocycles. The average molecular weight is 458 g/mol. The molecule has 2 saturated heterocycles. The number of benzene rings is 1. The van der Waals surface area contributed by atoms with E-state index in [1.807, 2.05) is 67.9 Å². The van der Waals surface area contributed by atoms with Crippen molar-refractivity contribution in [3.8, 4) is 0 Å². The number of carbonyl (C=O) groups excluding carboxylic acids is 2. The number of H-pyrrole nitrogens is 1. The van der Waals surface area contributed by atoms with E-state index in [4.69, 9.17) is 4.74 Å². The van der Waals surface area contributed by atoms with E-state index >= 15 is 0 Å². The lowest BCUT2D eigenvalue weighted by molar-refractivity contribution is -0.164. The topological polar surface area (TPSA) is 65.6 Å². The average Bonchev–Trinajstić information content (AvgIpc) is 3.28. The molecule has 0 bridgehead atoms. The quantitative estimate of drug-likeness (QED) is 0.554. The zero-order chi connectivity index (χ0) is 23.1. The van der Waals surface area contributed by atoms with Gasteiger partial charge in [0.05, 0.1) is 5.37 Å². The van der Waals surface area contributed by atoms with Gasteiger partial charge in [-0.25, -0.2) is 0 Å². The first kappa shape index (κ1) is 23.2. The van der Waals surface area contributed by atoms with Crippen molar-refractivity contribution in [2.24, 2.45) is 5.92 Å². The van der Waals surface area contributed by atoms with Crippen LogP contribution in [-0.2, 0) is 20.7 Å². The lowest BCUT2D eigenvalue weighted by Gasteiger charge is -2.36. The molecule has 1 spiro atoms. The van der Waals surface area contributed by atoms with Crippen LogP contribution in [0.3, 0.4) is 0 Å². The van der Waals surface area contributed by atoms with Crippen molar-refractivity contribution in [1.29, 1.82) is 0 Å². The Bertz CT molecular complexity index is 988. The molecule has 32 heavy (non-hydrogen) atoms. The third kappa shape index (κ3) is 4.84. The molecule has 1 unspecified atom stereocenters. The van der Waals surface area contributed by atoms with Gasteiger partial charge in [0.2, 0.25) is 5.91 Å². The molecule has 2 aliphatic heterocycles. The van der Waals surface area contributed by atoms with Crippen molar-refractivity contribution < 1.29 is 14.3 Å². The highest BCUT2D eigenvalue weighted by molar-refractivity contribution is 8.01. The Kier molecular flexibility index (Phi) is 6.34. The molecule has 0 aliphatic carbocycles. The summed E-state index contributed by atoms with van der Waals surface area (Å²) in [5.41, 5.74) is 1.34. The van der Waals surface area contributed by atoms with Gasteiger partial charge in [0.15, 0.2) is 0 Å². The monoisotopic (exact) mass is 457 g/mol. The number of rotatable bonds is 4. The van der Waals surface area contributed by atoms with E-state index < -0.39 is 17.5 Å². The number of nitrogens with zero attached hydrogens (tertiary/aromatic N) is 2. The van der Waals surface area contributed by atoms with Gasteiger partial charge in [-0.05, 0) is 78.7 Å². The maximum atomic E-state index is 13.8. The predicted molar refractivity (Wildman–Crippen MR) is 130 cm³/mol. The van der Waals surface area contributed by atoms with Crippen LogP contribution >= 0.6 is 11.8 Å². The molecular weight excluding hydrogens is 422 g/mol. The molecule has 2 fully saturated rings. The molecule has 2 aromatic rings. The molecule has 7 heteroatoms. The van der Waals surface area contributed by atoms with Crippen molar-refractivity contribution in [3.63, 3.8) is 0 Å². The second kappa shape index (κ2) is 8.75. The van der Waals surface area contributed by atoms with E-state index in [0.717, 1.165) is 42.4 Å². The summed E-state index contributed by atoms with van der Waals surface area (Å²) in [5, 5.41) is 1.10. The van der Waals surface area contributed by atoms with Crippen molar-refractivity contribution in [3.05, 3.63) is 36.0 Å². The van der Waals surface area contributed by atoms with Crippen LogP contribution in [0.5, 0.6) is 0 Å². The maximum Gasteiger partial charge on any atom is 0.319 e. The number of aromatic amines is 1. The van der Waals surface area contributed by atoms with Crippen LogP contribution in [0, 0.1) is 5.92 Å². The second-order valence-corrected chi connectivity index (χ2v) is 12.1. The number of piperidine rings is 1. The number of esters is 1. The zero-order valence-corrected chi connectivity index (χ0v) is 20.6. The summed E-state index contributed by atoms with van der Waals surface area (Å²) in [5.74, 6) is -1.40. The van der Waals surface area contributed by atoms with Gasteiger partial charge in [-0.1, -0.05) is 18.2 Å². The Labute approximate surface area is 195 Å². The lowest BCUT2D eigenvalue weighted by atomic mass is 9.93. The smallest absolute Gasteiger partial charge is 0.319 e. The molecule has 1 amide bonds. The number of aromatic nitrogens is 1. The van der Waals surface area contributed by atoms with Gasteiger partial charge in [-0.2, -0.15) is 0 Å². The molecule has 3 heterocycles. The van der Waals surface area contributed by atoms with E-state index in [-0.39, 0.29) is 16.0 Å². The molecule has 2 atom stereocenters. The zero-order valence-electron chi connectivity index (χ0n) is 19.8. The van der Waals surface area contributed by atoms with Crippen LogP contribution in [0.25, 0.3) is 10.9 Å². The van der Waals surface area contributed by atoms with Crippen LogP contribution < -0.4 is 0 Å². The van der Waals surface area contributed by atoms with Crippen LogP contribution in [0.1, 0.15) is 46.1 Å². The normalized spacial score (nSPS) is 22.4. The molecule has 4 rings (SSSR count). The summed E-state index contributed by atoms with van der Waals surface area (Å²) in [6.07, 6.45) is 4.39. The predicted octanol–water partition coefficient (Wildman–Crippen LogP) is 4.05. The number of ether oxygens (including phenoxy) is 1. The number of hydrogen-bond donors (Lipinski definition) is 1. The first-order valence-corrected chi connectivity index (χ1v) is 12.4. The third-order valence-corrected chi connectivity index (χ3v) is 8.22. The molecule has 1 N–H and O–H groups in total. The number of carbonyl (C=O) groups is 2. The van der Waals surface area contributed by atoms with Gasteiger partial charge in [-0.3, -0.25) is 9.59 Å². The number of thioether (sulfide) groups is 1. The van der Waals surface area contributed by atoms with Crippen molar-refractivity contribution in [2.75, 3.05) is 26.7 Å². The Balaban J connectivity index is 1.59. The highest BCUT2D eigenvalue weighted by Gasteiger charge is 2.48. The standard InChI is InChI=1S/C25H35N3O3S/c1-17-28(16-25(32-17)10-12-27(5)13-11-25)22(29)20(23(30)31-24(2,3)4)14-18-15-26-21-9-7-6-8-19(18)21/h6-9,15,17,20,26H,10-14,16H2,1-5H3/t17-,20?/m1/s1. The highest BCUT2D eigenvalue weighted by Crippen LogP contribution is 2.46. The summed E-state index contributed by atoms with van der Waals surface area (Å²) in [6.45, 7) is 10.4. The third-order valence-electron chi connectivity index (χ3n) is 6.59. The van der Waals surface area contributed by atoms with E-state index in [9.17, 15) is 9.59 Å². The lowest BCUT2D eigenvalue weighted by Crippen LogP contribution is -2.47. The van der Waals surface area contributed by atoms with Crippen LogP contribution in [0.2, 0.25) is 0 Å². The first-order valence-electron chi connectivity index (χ1n) is 11.5. The summed E-state index contributed by atoms with van der Waals surface area (Å²) in [7, 11) is 2.15. The minimum atomic E-state index is -0.849.